The van der Waals surface area contributed by atoms with Crippen molar-refractivity contribution in [3.63, 3.8) is 0 Å². The summed E-state index contributed by atoms with van der Waals surface area (Å²) in [5.41, 5.74) is 0. The average molecular weight is 268 g/mol. The van der Waals surface area contributed by atoms with E-state index in [1.165, 1.54) is 25.7 Å². The lowest BCUT2D eigenvalue weighted by Crippen LogP contribution is -2.29. The lowest BCUT2D eigenvalue weighted by molar-refractivity contribution is 0.295. The fraction of sp³-hybridized carbons (Fsp3) is 0.600. The molecule has 0 heterocycles. The maximum atomic E-state index is 6.09. The first-order valence-corrected chi connectivity index (χ1v) is 7.31. The zero-order valence-corrected chi connectivity index (χ0v) is 11.5. The zero-order chi connectivity index (χ0) is 12.6. The number of ether oxygens (including phenoxy) is 1. The second-order valence-corrected chi connectivity index (χ2v) is 5.60. The molecule has 1 aliphatic rings. The van der Waals surface area contributed by atoms with Gasteiger partial charge >= 0.3 is 0 Å². The van der Waals surface area contributed by atoms with Crippen molar-refractivity contribution < 1.29 is 4.74 Å². The van der Waals surface area contributed by atoms with Crippen molar-refractivity contribution in [1.29, 1.82) is 0 Å². The summed E-state index contributed by atoms with van der Waals surface area (Å²) in [5, 5.41) is 3.89. The molecule has 100 valence electrons. The summed E-state index contributed by atoms with van der Waals surface area (Å²) in [6.45, 7) is 2.74. The van der Waals surface area contributed by atoms with Crippen LogP contribution in [-0.2, 0) is 0 Å². The van der Waals surface area contributed by atoms with E-state index in [9.17, 15) is 0 Å². The second kappa shape index (κ2) is 7.65. The summed E-state index contributed by atoms with van der Waals surface area (Å²) in [6.07, 6.45) is 4.88. The Morgan fingerprint density at radius 3 is 2.56 bits per heavy atom. The van der Waals surface area contributed by atoms with Crippen LogP contribution in [0.25, 0.3) is 0 Å². The van der Waals surface area contributed by atoms with Crippen LogP contribution in [0.5, 0.6) is 5.75 Å². The van der Waals surface area contributed by atoms with Gasteiger partial charge in [-0.05, 0) is 50.3 Å². The van der Waals surface area contributed by atoms with Gasteiger partial charge < -0.3 is 10.1 Å². The van der Waals surface area contributed by atoms with E-state index in [2.05, 4.69) is 5.32 Å². The lowest BCUT2D eigenvalue weighted by Gasteiger charge is -2.25. The van der Waals surface area contributed by atoms with E-state index in [1.807, 2.05) is 30.3 Å². The van der Waals surface area contributed by atoms with E-state index in [0.29, 0.717) is 5.38 Å². The minimum absolute atomic E-state index is 0.419. The highest BCUT2D eigenvalue weighted by Crippen LogP contribution is 2.26. The molecular formula is C15H22ClNO. The number of alkyl halides is 1. The Morgan fingerprint density at radius 1 is 1.11 bits per heavy atom. The smallest absolute Gasteiger partial charge is 0.119 e. The predicted molar refractivity (Wildman–Crippen MR) is 76.4 cm³/mol. The molecule has 1 aliphatic carbocycles. The van der Waals surface area contributed by atoms with Crippen LogP contribution in [-0.4, -0.2) is 25.1 Å². The number of para-hydroxylation sites is 1. The van der Waals surface area contributed by atoms with Gasteiger partial charge in [-0.25, -0.2) is 0 Å². The van der Waals surface area contributed by atoms with Crippen LogP contribution in [0.3, 0.4) is 0 Å². The van der Waals surface area contributed by atoms with E-state index in [0.717, 1.165) is 31.4 Å². The number of hydrogen-bond donors (Lipinski definition) is 1. The zero-order valence-electron chi connectivity index (χ0n) is 10.8. The van der Waals surface area contributed by atoms with Crippen LogP contribution >= 0.6 is 11.6 Å². The molecule has 2 rings (SSSR count). The number of hydrogen-bond acceptors (Lipinski definition) is 2. The molecule has 0 aromatic heterocycles. The Bertz CT molecular complexity index is 323. The van der Waals surface area contributed by atoms with Crippen molar-refractivity contribution in [3.05, 3.63) is 30.3 Å². The minimum Gasteiger partial charge on any atom is -0.492 e. The summed E-state index contributed by atoms with van der Waals surface area (Å²) in [6, 6.07) is 9.96. The van der Waals surface area contributed by atoms with Crippen LogP contribution < -0.4 is 10.1 Å². The Morgan fingerprint density at radius 2 is 1.83 bits per heavy atom. The molecule has 0 atom stereocenters. The molecule has 0 aliphatic heterocycles. The van der Waals surface area contributed by atoms with Gasteiger partial charge in [0.1, 0.15) is 12.4 Å². The second-order valence-electron chi connectivity index (χ2n) is 4.98. The maximum absolute atomic E-state index is 6.09. The predicted octanol–water partition coefficient (Wildman–Crippen LogP) is 3.45. The third-order valence-corrected chi connectivity index (χ3v) is 3.94. The van der Waals surface area contributed by atoms with Crippen LogP contribution in [0.2, 0.25) is 0 Å². The van der Waals surface area contributed by atoms with E-state index < -0.39 is 0 Å². The highest BCUT2D eigenvalue weighted by Gasteiger charge is 2.18. The van der Waals surface area contributed by atoms with Gasteiger partial charge in [0, 0.05) is 11.9 Å². The molecule has 1 aromatic rings. The molecule has 0 spiro atoms. The fourth-order valence-corrected chi connectivity index (χ4v) is 2.64. The van der Waals surface area contributed by atoms with Crippen molar-refractivity contribution in [2.45, 2.75) is 31.1 Å². The first kappa shape index (κ1) is 13.7. The monoisotopic (exact) mass is 267 g/mol. The van der Waals surface area contributed by atoms with Crippen LogP contribution in [0.4, 0.5) is 0 Å². The summed E-state index contributed by atoms with van der Waals surface area (Å²) >= 11 is 6.09. The fourth-order valence-electron chi connectivity index (χ4n) is 2.39. The largest absolute Gasteiger partial charge is 0.492 e. The number of nitrogens with one attached hydrogen (secondary N) is 1. The SMILES string of the molecule is ClC1CCC(CNCCOc2ccccc2)CC1. The van der Waals surface area contributed by atoms with Crippen LogP contribution in [0.15, 0.2) is 30.3 Å². The molecule has 18 heavy (non-hydrogen) atoms. The van der Waals surface area contributed by atoms with Gasteiger partial charge in [-0.1, -0.05) is 18.2 Å². The highest BCUT2D eigenvalue weighted by molar-refractivity contribution is 6.20. The summed E-state index contributed by atoms with van der Waals surface area (Å²) in [5.74, 6) is 1.75. The van der Waals surface area contributed by atoms with E-state index in [-0.39, 0.29) is 0 Å². The lowest BCUT2D eigenvalue weighted by atomic mass is 9.89. The molecule has 3 heteroatoms. The molecule has 0 saturated heterocycles. The van der Waals surface area contributed by atoms with Gasteiger partial charge in [0.05, 0.1) is 0 Å². The Balaban J connectivity index is 1.51. The Labute approximate surface area is 115 Å². The van der Waals surface area contributed by atoms with Gasteiger partial charge in [-0.15, -0.1) is 11.6 Å². The van der Waals surface area contributed by atoms with Gasteiger partial charge in [0.15, 0.2) is 0 Å². The summed E-state index contributed by atoms with van der Waals surface area (Å²) in [4.78, 5) is 0. The Kier molecular flexibility index (Phi) is 5.82. The maximum Gasteiger partial charge on any atom is 0.119 e. The minimum atomic E-state index is 0.419. The third kappa shape index (κ3) is 4.87. The molecule has 0 unspecified atom stereocenters. The van der Waals surface area contributed by atoms with Gasteiger partial charge in [-0.2, -0.15) is 0 Å². The van der Waals surface area contributed by atoms with Crippen LogP contribution in [0.1, 0.15) is 25.7 Å². The van der Waals surface area contributed by atoms with E-state index in [1.54, 1.807) is 0 Å². The van der Waals surface area contributed by atoms with Crippen molar-refractivity contribution >= 4 is 11.6 Å². The normalized spacial score (nSPS) is 23.8. The van der Waals surface area contributed by atoms with Gasteiger partial charge in [0.25, 0.3) is 0 Å². The van der Waals surface area contributed by atoms with E-state index >= 15 is 0 Å². The molecule has 0 amide bonds. The molecule has 2 nitrogen and oxygen atoms in total. The average Bonchev–Trinajstić information content (AvgIpc) is 2.42. The van der Waals surface area contributed by atoms with Crippen molar-refractivity contribution in [3.8, 4) is 5.75 Å². The molecule has 0 bridgehead atoms. The molecule has 1 aromatic carbocycles. The van der Waals surface area contributed by atoms with Crippen LogP contribution in [0, 0.1) is 5.92 Å². The quantitative estimate of drug-likeness (QED) is 0.630. The van der Waals surface area contributed by atoms with Gasteiger partial charge in [0.2, 0.25) is 0 Å². The number of rotatable bonds is 6. The van der Waals surface area contributed by atoms with E-state index in [4.69, 9.17) is 16.3 Å². The third-order valence-electron chi connectivity index (χ3n) is 3.50. The molecular weight excluding hydrogens is 246 g/mol. The molecule has 1 saturated carbocycles. The topological polar surface area (TPSA) is 21.3 Å². The Hall–Kier alpha value is -0.730. The summed E-state index contributed by atoms with van der Waals surface area (Å²) < 4.78 is 5.63. The number of benzene rings is 1. The van der Waals surface area contributed by atoms with Crippen molar-refractivity contribution in [2.75, 3.05) is 19.7 Å². The summed E-state index contributed by atoms with van der Waals surface area (Å²) in [7, 11) is 0. The van der Waals surface area contributed by atoms with Crippen molar-refractivity contribution in [2.24, 2.45) is 5.92 Å². The standard InChI is InChI=1S/C15H22ClNO/c16-14-8-6-13(7-9-14)12-17-10-11-18-15-4-2-1-3-5-15/h1-5,13-14,17H,6-12H2. The molecule has 0 radical (unpaired) electrons. The molecule has 1 N–H and O–H groups in total. The number of halogens is 1. The first-order valence-electron chi connectivity index (χ1n) is 6.87. The highest BCUT2D eigenvalue weighted by atomic mass is 35.5. The van der Waals surface area contributed by atoms with Crippen molar-refractivity contribution in [1.82, 2.24) is 5.32 Å². The first-order chi connectivity index (χ1) is 8.84. The van der Waals surface area contributed by atoms with Gasteiger partial charge in [-0.3, -0.25) is 0 Å². The molecule has 1 fully saturated rings.